The first kappa shape index (κ1) is 47.7. The Morgan fingerprint density at radius 1 is 0.709 bits per heavy atom. The zero-order valence-corrected chi connectivity index (χ0v) is 31.6. The summed E-state index contributed by atoms with van der Waals surface area (Å²) in [4.78, 5) is 130. The van der Waals surface area contributed by atoms with E-state index in [1.807, 2.05) is 0 Å². The molecule has 1 fully saturated rings. The van der Waals surface area contributed by atoms with E-state index < -0.39 is 127 Å². The lowest BCUT2D eigenvalue weighted by molar-refractivity contribution is -0.143. The van der Waals surface area contributed by atoms with Crippen molar-refractivity contribution in [1.29, 1.82) is 0 Å². The number of guanidine groups is 1. The summed E-state index contributed by atoms with van der Waals surface area (Å²) in [6.07, 6.45) is -1.98. The molecule has 0 aromatic carbocycles. The van der Waals surface area contributed by atoms with Gasteiger partial charge in [0.2, 0.25) is 47.3 Å². The molecule has 0 radical (unpaired) electrons. The van der Waals surface area contributed by atoms with Crippen molar-refractivity contribution >= 4 is 86.7 Å². The van der Waals surface area contributed by atoms with Crippen LogP contribution in [0.2, 0.25) is 0 Å². The topological polar surface area (TPSA) is 412 Å². The number of carboxylic acid groups (broad SMARTS) is 2. The Hall–Kier alpha value is -5.37. The number of hydrogen-bond donors (Lipinski definition) is 13. The number of carbonyl (C=O) groups excluding carboxylic acids is 8. The number of nitrogens with one attached hydrogen (secondary N) is 7. The number of primary amides is 1. The summed E-state index contributed by atoms with van der Waals surface area (Å²) in [6, 6.07) is -8.93. The van der Waals surface area contributed by atoms with E-state index in [0.29, 0.717) is 0 Å². The Morgan fingerprint density at radius 3 is 1.75 bits per heavy atom. The molecule has 24 nitrogen and oxygen atoms in total. The summed E-state index contributed by atoms with van der Waals surface area (Å²) in [7, 11) is 2.05. The molecule has 308 valence electrons. The van der Waals surface area contributed by atoms with Gasteiger partial charge < -0.3 is 70.4 Å². The SMILES string of the molecule is CC(C)C1NC(=O)C(CC(=O)O)NC(=O)C(CC(=O)O)NC(=O)CNC(=O)C(CCCN=C(N)N)NC(=O)CNC(=O)C(N)CSSCC(C(N)=O)NC1=O. The molecule has 1 rings (SSSR count). The third kappa shape index (κ3) is 19.0. The number of amides is 8. The Balaban J connectivity index is 3.44. The highest BCUT2D eigenvalue weighted by Gasteiger charge is 2.34. The van der Waals surface area contributed by atoms with Crippen LogP contribution in [-0.2, 0) is 47.9 Å². The van der Waals surface area contributed by atoms with Crippen LogP contribution in [0, 0.1) is 5.92 Å². The van der Waals surface area contributed by atoms with Crippen molar-refractivity contribution < 1.29 is 58.2 Å². The number of nitrogens with zero attached hydrogens (tertiary/aromatic N) is 1. The van der Waals surface area contributed by atoms with E-state index in [2.05, 4.69) is 42.2 Å². The minimum atomic E-state index is -1.90. The first-order valence-electron chi connectivity index (χ1n) is 16.5. The van der Waals surface area contributed by atoms with Crippen molar-refractivity contribution in [3.8, 4) is 0 Å². The Kier molecular flexibility index (Phi) is 20.9. The molecule has 0 aliphatic carbocycles. The second kappa shape index (κ2) is 24.1. The zero-order chi connectivity index (χ0) is 41.8. The molecule has 6 unspecified atom stereocenters. The molecule has 1 aliphatic rings. The summed E-state index contributed by atoms with van der Waals surface area (Å²) in [6.45, 7) is 1.63. The number of nitrogens with two attached hydrogens (primary N) is 4. The molecule has 26 heteroatoms. The number of hydrogen-bond acceptors (Lipinski definition) is 14. The predicted octanol–water partition coefficient (Wildman–Crippen LogP) is -6.49. The van der Waals surface area contributed by atoms with Crippen LogP contribution < -0.4 is 60.2 Å². The van der Waals surface area contributed by atoms with Gasteiger partial charge in [-0.1, -0.05) is 35.4 Å². The number of aliphatic carboxylic acids is 2. The third-order valence-electron chi connectivity index (χ3n) is 7.29. The molecule has 0 bridgehead atoms. The summed E-state index contributed by atoms with van der Waals surface area (Å²) in [5, 5.41) is 34.7. The number of aliphatic imine (C=N–C) groups is 1. The van der Waals surface area contributed by atoms with E-state index >= 15 is 0 Å². The molecular formula is C29H48N12O12S2. The molecule has 1 heterocycles. The maximum absolute atomic E-state index is 13.3. The van der Waals surface area contributed by atoms with Crippen molar-refractivity contribution in [3.05, 3.63) is 0 Å². The van der Waals surface area contributed by atoms with Crippen LogP contribution in [0.5, 0.6) is 0 Å². The van der Waals surface area contributed by atoms with Crippen LogP contribution in [0.3, 0.4) is 0 Å². The van der Waals surface area contributed by atoms with Crippen LogP contribution in [0.4, 0.5) is 0 Å². The van der Waals surface area contributed by atoms with Gasteiger partial charge in [-0.25, -0.2) is 0 Å². The summed E-state index contributed by atoms with van der Waals surface area (Å²) >= 11 is 0. The van der Waals surface area contributed by atoms with E-state index in [4.69, 9.17) is 22.9 Å². The van der Waals surface area contributed by atoms with Crippen LogP contribution in [0.25, 0.3) is 0 Å². The number of carboxylic acids is 2. The lowest BCUT2D eigenvalue weighted by Crippen LogP contribution is -2.60. The van der Waals surface area contributed by atoms with Gasteiger partial charge in [-0.15, -0.1) is 0 Å². The molecule has 0 aromatic heterocycles. The molecule has 6 atom stereocenters. The van der Waals surface area contributed by atoms with Crippen molar-refractivity contribution in [2.45, 2.75) is 75.8 Å². The van der Waals surface area contributed by atoms with E-state index in [1.165, 1.54) is 13.8 Å². The van der Waals surface area contributed by atoms with Gasteiger partial charge in [-0.3, -0.25) is 52.9 Å². The first-order valence-corrected chi connectivity index (χ1v) is 19.0. The molecule has 55 heavy (non-hydrogen) atoms. The third-order valence-corrected chi connectivity index (χ3v) is 9.74. The van der Waals surface area contributed by atoms with E-state index in [1.54, 1.807) is 0 Å². The average molecular weight is 821 g/mol. The van der Waals surface area contributed by atoms with Crippen LogP contribution in [-0.4, -0.2) is 143 Å². The van der Waals surface area contributed by atoms with E-state index in [-0.39, 0.29) is 36.9 Å². The Labute approximate surface area is 322 Å². The average Bonchev–Trinajstić information content (AvgIpc) is 3.08. The highest BCUT2D eigenvalue weighted by Crippen LogP contribution is 2.22. The minimum Gasteiger partial charge on any atom is -0.481 e. The minimum absolute atomic E-state index is 0.0237. The van der Waals surface area contributed by atoms with Gasteiger partial charge in [0.05, 0.1) is 32.0 Å². The Bertz CT molecular complexity index is 1480. The highest BCUT2D eigenvalue weighted by atomic mass is 33.1. The van der Waals surface area contributed by atoms with Gasteiger partial charge in [0.15, 0.2) is 5.96 Å². The molecule has 17 N–H and O–H groups in total. The summed E-state index contributed by atoms with van der Waals surface area (Å²) in [5.74, 6) is -12.1. The maximum atomic E-state index is 13.3. The second-order valence-corrected chi connectivity index (χ2v) is 14.8. The lowest BCUT2D eigenvalue weighted by atomic mass is 10.0. The van der Waals surface area contributed by atoms with E-state index in [0.717, 1.165) is 21.6 Å². The van der Waals surface area contributed by atoms with Gasteiger partial charge in [0.25, 0.3) is 0 Å². The maximum Gasteiger partial charge on any atom is 0.305 e. The molecule has 1 aliphatic heterocycles. The number of rotatable bonds is 10. The molecule has 0 aromatic rings. The van der Waals surface area contributed by atoms with Gasteiger partial charge >= 0.3 is 11.9 Å². The van der Waals surface area contributed by atoms with Crippen molar-refractivity contribution in [3.63, 3.8) is 0 Å². The smallest absolute Gasteiger partial charge is 0.305 e. The fourth-order valence-corrected chi connectivity index (χ4v) is 6.75. The monoisotopic (exact) mass is 820 g/mol. The van der Waals surface area contributed by atoms with Gasteiger partial charge in [-0.2, -0.15) is 0 Å². The molecular weight excluding hydrogens is 773 g/mol. The molecule has 0 saturated carbocycles. The normalized spacial score (nSPS) is 24.8. The Morgan fingerprint density at radius 2 is 1.22 bits per heavy atom. The van der Waals surface area contributed by atoms with Crippen LogP contribution in [0.1, 0.15) is 39.5 Å². The highest BCUT2D eigenvalue weighted by molar-refractivity contribution is 8.76. The molecule has 1 saturated heterocycles. The van der Waals surface area contributed by atoms with Crippen LogP contribution >= 0.6 is 21.6 Å². The first-order chi connectivity index (χ1) is 25.7. The molecule has 0 spiro atoms. The quantitative estimate of drug-likeness (QED) is 0.0422. The van der Waals surface area contributed by atoms with Gasteiger partial charge in [0.1, 0.15) is 30.2 Å². The number of carbonyl (C=O) groups is 10. The summed E-state index contributed by atoms with van der Waals surface area (Å²) < 4.78 is 0. The van der Waals surface area contributed by atoms with Crippen molar-refractivity contribution in [2.24, 2.45) is 33.8 Å². The standard InChI is InChI=1S/C29H48N12O12S2/c1-12(2)22-28(53)40-17(23(31)48)11-55-54-10-13(30)24(49)35-8-18(42)37-14(4-3-5-34-29(32)33)25(50)36-9-19(43)38-15(6-20(44)45)26(51)39-16(7-21(46)47)27(52)41-22/h12-17,22H,3-11,30H2,1-2H3,(H2,31,48)(H,35,49)(H,36,50)(H,37,42)(H,38,43)(H,39,51)(H,40,53)(H,41,52)(H,44,45)(H,46,47)(H4,32,33,34). The van der Waals surface area contributed by atoms with Gasteiger partial charge in [-0.05, 0) is 18.8 Å². The molecule has 8 amide bonds. The van der Waals surface area contributed by atoms with E-state index in [9.17, 15) is 58.2 Å². The summed E-state index contributed by atoms with van der Waals surface area (Å²) in [5.41, 5.74) is 22.0. The van der Waals surface area contributed by atoms with Crippen molar-refractivity contribution in [2.75, 3.05) is 31.1 Å². The zero-order valence-electron chi connectivity index (χ0n) is 30.0. The van der Waals surface area contributed by atoms with Gasteiger partial charge in [0, 0.05) is 18.1 Å². The lowest BCUT2D eigenvalue weighted by Gasteiger charge is -2.27. The fourth-order valence-electron chi connectivity index (χ4n) is 4.45. The van der Waals surface area contributed by atoms with Crippen LogP contribution in [0.15, 0.2) is 4.99 Å². The largest absolute Gasteiger partial charge is 0.481 e. The predicted molar refractivity (Wildman–Crippen MR) is 197 cm³/mol. The second-order valence-electron chi connectivity index (χ2n) is 12.3. The fraction of sp³-hybridized carbons (Fsp3) is 0.621. The van der Waals surface area contributed by atoms with Crippen molar-refractivity contribution in [1.82, 2.24) is 37.2 Å².